The first-order valence-corrected chi connectivity index (χ1v) is 30.9. The second-order valence-electron chi connectivity index (χ2n) is 27.2. The van der Waals surface area contributed by atoms with Crippen molar-refractivity contribution in [2.75, 3.05) is 4.90 Å². The van der Waals surface area contributed by atoms with Crippen LogP contribution in [-0.2, 0) is 21.7 Å². The molecule has 16 rings (SSSR count). The van der Waals surface area contributed by atoms with Crippen LogP contribution in [0.15, 0.2) is 200 Å². The Labute approximate surface area is 485 Å². The van der Waals surface area contributed by atoms with Gasteiger partial charge in [0.2, 0.25) is 0 Å². The molecular weight excluding hydrogens is 991 g/mol. The molecule has 82 heavy (non-hydrogen) atoms. The molecule has 5 aliphatic carbocycles. The van der Waals surface area contributed by atoms with Gasteiger partial charge >= 0.3 is 0 Å². The average Bonchev–Trinajstić information content (AvgIpc) is 4.25. The lowest BCUT2D eigenvalue weighted by Crippen LogP contribution is -2.33. The van der Waals surface area contributed by atoms with Crippen molar-refractivity contribution in [1.29, 1.82) is 0 Å². The van der Waals surface area contributed by atoms with Crippen molar-refractivity contribution in [2.45, 2.75) is 139 Å². The monoisotopic (exact) mass is 1060 g/mol. The second kappa shape index (κ2) is 18.3. The van der Waals surface area contributed by atoms with Crippen molar-refractivity contribution >= 4 is 27.8 Å². The van der Waals surface area contributed by atoms with E-state index < -0.39 is 10.8 Å². The topological polar surface area (TPSA) is 12.5 Å². The Hall–Kier alpha value is -7.94. The van der Waals surface area contributed by atoms with Gasteiger partial charge in [-0.3, -0.25) is 0 Å². The fourth-order valence-electron chi connectivity index (χ4n) is 16.6. The molecule has 0 atom stereocenters. The van der Waals surface area contributed by atoms with Crippen LogP contribution < -0.4 is 9.64 Å². The Morgan fingerprint density at radius 1 is 0.354 bits per heavy atom. The standard InChI is InChI=1S/C80H73NO/c1-77(2,3)55-34-40-63-64-41-35-56(78(4,5)6)47-71(64)79(70(63)46-55)66-28-16-15-27-60(66)65-42-36-57(48-72(65)79)81(74-30-19-25-52-24-13-14-26-59(52)74)58-37-43-76-73(49-58)80(67-29-17-18-31-75(67)82-76)68-44-53(50-20-9-7-10-21-50)32-38-61(68)62-39-33-54(45-69(62)80)51-22-11-8-12-23-51/h13-19,24-51H,7-12,20-23H2,1-6H3. The van der Waals surface area contributed by atoms with E-state index in [0.29, 0.717) is 11.8 Å². The van der Waals surface area contributed by atoms with Gasteiger partial charge in [0.05, 0.1) is 16.5 Å². The fourth-order valence-corrected chi connectivity index (χ4v) is 16.6. The molecule has 0 unspecified atom stereocenters. The normalized spacial score (nSPS) is 17.1. The van der Waals surface area contributed by atoms with Crippen LogP contribution in [0.25, 0.3) is 44.2 Å². The highest BCUT2D eigenvalue weighted by Gasteiger charge is 2.54. The molecule has 1 heterocycles. The third kappa shape index (κ3) is 7.18. The maximum atomic E-state index is 7.28. The Bertz CT molecular complexity index is 4120. The molecule has 0 N–H and O–H groups in total. The highest BCUT2D eigenvalue weighted by molar-refractivity contribution is 6.01. The molecule has 2 nitrogen and oxygen atoms in total. The predicted octanol–water partition coefficient (Wildman–Crippen LogP) is 21.8. The van der Waals surface area contributed by atoms with Crippen LogP contribution in [-0.4, -0.2) is 0 Å². The molecule has 10 aromatic rings. The Morgan fingerprint density at radius 3 is 1.40 bits per heavy atom. The van der Waals surface area contributed by atoms with Gasteiger partial charge in [0.25, 0.3) is 0 Å². The number of para-hydroxylation sites is 1. The van der Waals surface area contributed by atoms with Crippen LogP contribution in [0.4, 0.5) is 17.1 Å². The van der Waals surface area contributed by atoms with Gasteiger partial charge in [0.1, 0.15) is 11.5 Å². The number of hydrogen-bond acceptors (Lipinski definition) is 2. The summed E-state index contributed by atoms with van der Waals surface area (Å²) < 4.78 is 7.28. The number of hydrogen-bond donors (Lipinski definition) is 0. The Balaban J connectivity index is 0.976. The Morgan fingerprint density at radius 2 is 0.793 bits per heavy atom. The minimum atomic E-state index is -0.624. The van der Waals surface area contributed by atoms with Gasteiger partial charge in [-0.1, -0.05) is 238 Å². The molecule has 1 aliphatic heterocycles. The highest BCUT2D eigenvalue weighted by atomic mass is 16.5. The van der Waals surface area contributed by atoms with Crippen LogP contribution in [0.2, 0.25) is 0 Å². The second-order valence-corrected chi connectivity index (χ2v) is 27.2. The molecule has 0 saturated heterocycles. The molecule has 0 aromatic heterocycles. The van der Waals surface area contributed by atoms with E-state index in [1.54, 1.807) is 0 Å². The van der Waals surface area contributed by atoms with E-state index in [1.165, 1.54) is 175 Å². The summed E-state index contributed by atoms with van der Waals surface area (Å²) in [5.74, 6) is 3.00. The van der Waals surface area contributed by atoms with Crippen LogP contribution >= 0.6 is 0 Å². The molecule has 2 fully saturated rings. The third-order valence-electron chi connectivity index (χ3n) is 20.6. The Kier molecular flexibility index (Phi) is 11.1. The fraction of sp³-hybridized carbons (Fsp3) is 0.275. The van der Waals surface area contributed by atoms with Crippen molar-refractivity contribution in [2.24, 2.45) is 0 Å². The zero-order chi connectivity index (χ0) is 55.3. The number of rotatable bonds is 5. The lowest BCUT2D eigenvalue weighted by Gasteiger charge is -2.41. The molecule has 2 saturated carbocycles. The van der Waals surface area contributed by atoms with E-state index in [0.717, 1.165) is 28.6 Å². The largest absolute Gasteiger partial charge is 0.457 e. The summed E-state index contributed by atoms with van der Waals surface area (Å²) in [6.45, 7) is 14.2. The van der Waals surface area contributed by atoms with Gasteiger partial charge in [-0.25, -0.2) is 0 Å². The number of ether oxygens (including phenoxy) is 1. The lowest BCUT2D eigenvalue weighted by molar-refractivity contribution is 0.433. The van der Waals surface area contributed by atoms with E-state index >= 15 is 0 Å². The molecule has 0 amide bonds. The molecular formula is C80H73NO. The van der Waals surface area contributed by atoms with E-state index in [-0.39, 0.29) is 10.8 Å². The van der Waals surface area contributed by atoms with Crippen LogP contribution in [0.1, 0.15) is 184 Å². The maximum Gasteiger partial charge on any atom is 0.132 e. The lowest BCUT2D eigenvalue weighted by atomic mass is 9.65. The van der Waals surface area contributed by atoms with E-state index in [4.69, 9.17) is 4.74 Å². The summed E-state index contributed by atoms with van der Waals surface area (Å²) in [5.41, 5.74) is 26.5. The summed E-state index contributed by atoms with van der Waals surface area (Å²) in [6.07, 6.45) is 12.9. The van der Waals surface area contributed by atoms with Crippen LogP contribution in [0.5, 0.6) is 11.5 Å². The zero-order valence-corrected chi connectivity index (χ0v) is 48.6. The van der Waals surface area contributed by atoms with Crippen molar-refractivity contribution in [1.82, 2.24) is 0 Å². The van der Waals surface area contributed by atoms with Crippen molar-refractivity contribution < 1.29 is 4.74 Å². The molecule has 10 aromatic carbocycles. The van der Waals surface area contributed by atoms with Gasteiger partial charge in [-0.05, 0) is 185 Å². The molecule has 404 valence electrons. The predicted molar refractivity (Wildman–Crippen MR) is 341 cm³/mol. The van der Waals surface area contributed by atoms with Gasteiger partial charge in [0.15, 0.2) is 0 Å². The number of fused-ring (bicyclic) bond motifs is 20. The van der Waals surface area contributed by atoms with Gasteiger partial charge in [0, 0.05) is 27.9 Å². The summed E-state index contributed by atoms with van der Waals surface area (Å²) >= 11 is 0. The van der Waals surface area contributed by atoms with Crippen LogP contribution in [0.3, 0.4) is 0 Å². The van der Waals surface area contributed by atoms with E-state index in [1.807, 2.05) is 0 Å². The third-order valence-corrected chi connectivity index (χ3v) is 20.6. The van der Waals surface area contributed by atoms with Gasteiger partial charge < -0.3 is 9.64 Å². The first-order chi connectivity index (χ1) is 39.9. The minimum absolute atomic E-state index is 0.0429. The quantitative estimate of drug-likeness (QED) is 0.170. The molecule has 2 heteroatoms. The molecule has 0 radical (unpaired) electrons. The SMILES string of the molecule is CC(C)(C)c1ccc2c(c1)C1(c3ccccc3-c3ccc(N(c4ccc5c(c4)C4(c6ccccc6O5)c5cc(C6CCCCC6)ccc5-c5ccc(C6CCCCC6)cc54)c4cccc5ccccc45)cc31)c1cc(C(C)(C)C)ccc1-2. The number of nitrogens with zero attached hydrogens (tertiary/aromatic N) is 1. The zero-order valence-electron chi connectivity index (χ0n) is 48.6. The van der Waals surface area contributed by atoms with E-state index in [2.05, 4.69) is 247 Å². The summed E-state index contributed by atoms with van der Waals surface area (Å²) in [5, 5.41) is 2.43. The highest BCUT2D eigenvalue weighted by Crippen LogP contribution is 2.66. The smallest absolute Gasteiger partial charge is 0.132 e. The van der Waals surface area contributed by atoms with Crippen molar-refractivity contribution in [3.05, 3.63) is 267 Å². The molecule has 6 aliphatic rings. The van der Waals surface area contributed by atoms with Crippen molar-refractivity contribution in [3.8, 4) is 44.9 Å². The van der Waals surface area contributed by atoms with Crippen LogP contribution in [0, 0.1) is 0 Å². The minimum Gasteiger partial charge on any atom is -0.457 e. The summed E-state index contributed by atoms with van der Waals surface area (Å²) in [7, 11) is 0. The summed E-state index contributed by atoms with van der Waals surface area (Å²) in [4.78, 5) is 2.59. The molecule has 2 spiro atoms. The maximum absolute atomic E-state index is 7.28. The van der Waals surface area contributed by atoms with Gasteiger partial charge in [-0.2, -0.15) is 0 Å². The first kappa shape index (κ1) is 49.8. The van der Waals surface area contributed by atoms with E-state index in [9.17, 15) is 0 Å². The van der Waals surface area contributed by atoms with Crippen molar-refractivity contribution in [3.63, 3.8) is 0 Å². The average molecular weight is 1060 g/mol. The molecule has 0 bridgehead atoms. The number of anilines is 3. The summed E-state index contributed by atoms with van der Waals surface area (Å²) in [6, 6.07) is 79.0. The van der Waals surface area contributed by atoms with Gasteiger partial charge in [-0.15, -0.1) is 0 Å². The number of benzene rings is 10. The first-order valence-electron chi connectivity index (χ1n) is 30.9.